The van der Waals surface area contributed by atoms with Crippen LogP contribution in [0.4, 0.5) is 11.4 Å². The van der Waals surface area contributed by atoms with Crippen molar-refractivity contribution in [3.63, 3.8) is 0 Å². The number of hydrogen-bond acceptors (Lipinski definition) is 5. The summed E-state index contributed by atoms with van der Waals surface area (Å²) in [5.41, 5.74) is 8.04. The molecule has 0 spiro atoms. The highest BCUT2D eigenvalue weighted by Gasteiger charge is 2.14. The van der Waals surface area contributed by atoms with Crippen LogP contribution in [0, 0.1) is 10.1 Å². The van der Waals surface area contributed by atoms with Crippen molar-refractivity contribution in [1.82, 2.24) is 15.0 Å². The summed E-state index contributed by atoms with van der Waals surface area (Å²) in [5.74, 6) is 0. The zero-order valence-corrected chi connectivity index (χ0v) is 12.3. The summed E-state index contributed by atoms with van der Waals surface area (Å²) in [6.07, 6.45) is 2.61. The van der Waals surface area contributed by atoms with E-state index in [1.54, 1.807) is 16.9 Å². The number of nitrogens with zero attached hydrogens (tertiary/aromatic N) is 4. The van der Waals surface area contributed by atoms with E-state index in [-0.39, 0.29) is 11.4 Å². The van der Waals surface area contributed by atoms with Gasteiger partial charge in [0.15, 0.2) is 0 Å². The maximum absolute atomic E-state index is 11.0. The Morgan fingerprint density at radius 2 is 1.96 bits per heavy atom. The normalized spacial score (nSPS) is 10.6. The van der Waals surface area contributed by atoms with Crippen molar-refractivity contribution in [3.8, 4) is 11.3 Å². The lowest BCUT2D eigenvalue weighted by Crippen LogP contribution is -2.01. The molecule has 0 aliphatic heterocycles. The van der Waals surface area contributed by atoms with Gasteiger partial charge in [-0.25, -0.2) is 0 Å². The number of nitro groups is 1. The first-order valence-corrected chi connectivity index (χ1v) is 7.12. The number of nitro benzene ring substituents is 1. The van der Waals surface area contributed by atoms with Gasteiger partial charge in [0.1, 0.15) is 11.4 Å². The Morgan fingerprint density at radius 1 is 1.17 bits per heavy atom. The molecule has 2 aromatic carbocycles. The molecule has 2 N–H and O–H groups in total. The lowest BCUT2D eigenvalue weighted by atomic mass is 10.1. The standard InChI is InChI=1S/C16H15N5O2/c17-14-7-6-13(10-16(14)21(22)23)15-11-20(19-18-15)9-8-12-4-2-1-3-5-12/h1-7,10-11H,8-9,17H2. The molecule has 3 rings (SSSR count). The van der Waals surface area contributed by atoms with Gasteiger partial charge in [-0.2, -0.15) is 0 Å². The fraction of sp³-hybridized carbons (Fsp3) is 0.125. The Morgan fingerprint density at radius 3 is 2.70 bits per heavy atom. The molecule has 0 aliphatic carbocycles. The highest BCUT2D eigenvalue weighted by Crippen LogP contribution is 2.27. The molecule has 23 heavy (non-hydrogen) atoms. The first kappa shape index (κ1) is 14.7. The van der Waals surface area contributed by atoms with Crippen molar-refractivity contribution in [1.29, 1.82) is 0 Å². The Hall–Kier alpha value is -3.22. The molecule has 7 nitrogen and oxygen atoms in total. The van der Waals surface area contributed by atoms with Gasteiger partial charge in [-0.05, 0) is 18.1 Å². The smallest absolute Gasteiger partial charge is 0.292 e. The minimum Gasteiger partial charge on any atom is -0.393 e. The van der Waals surface area contributed by atoms with Gasteiger partial charge in [0.25, 0.3) is 5.69 Å². The first-order valence-electron chi connectivity index (χ1n) is 7.12. The molecule has 0 saturated heterocycles. The number of hydrogen-bond donors (Lipinski definition) is 1. The number of nitrogen functional groups attached to an aromatic ring is 1. The van der Waals surface area contributed by atoms with E-state index < -0.39 is 4.92 Å². The largest absolute Gasteiger partial charge is 0.393 e. The van der Waals surface area contributed by atoms with Crippen LogP contribution >= 0.6 is 0 Å². The highest BCUT2D eigenvalue weighted by atomic mass is 16.6. The van der Waals surface area contributed by atoms with Crippen molar-refractivity contribution in [2.75, 3.05) is 5.73 Å². The van der Waals surface area contributed by atoms with Crippen LogP contribution in [0.15, 0.2) is 54.7 Å². The summed E-state index contributed by atoms with van der Waals surface area (Å²) in [5, 5.41) is 19.1. The SMILES string of the molecule is Nc1ccc(-c2cn(CCc3ccccc3)nn2)cc1[N+](=O)[O-]. The Kier molecular flexibility index (Phi) is 4.01. The molecule has 0 bridgehead atoms. The number of benzene rings is 2. The van der Waals surface area contributed by atoms with E-state index in [9.17, 15) is 10.1 Å². The summed E-state index contributed by atoms with van der Waals surface area (Å²) in [7, 11) is 0. The van der Waals surface area contributed by atoms with Gasteiger partial charge in [-0.15, -0.1) is 5.10 Å². The average Bonchev–Trinajstić information content (AvgIpc) is 3.03. The third-order valence-electron chi connectivity index (χ3n) is 3.53. The number of anilines is 1. The second-order valence-corrected chi connectivity index (χ2v) is 5.13. The van der Waals surface area contributed by atoms with Crippen LogP contribution in [0.5, 0.6) is 0 Å². The van der Waals surface area contributed by atoms with Gasteiger partial charge in [0.05, 0.1) is 11.1 Å². The van der Waals surface area contributed by atoms with Gasteiger partial charge in [-0.3, -0.25) is 14.8 Å². The fourth-order valence-electron chi connectivity index (χ4n) is 2.29. The zero-order chi connectivity index (χ0) is 16.2. The summed E-state index contributed by atoms with van der Waals surface area (Å²) in [6, 6.07) is 14.7. The number of rotatable bonds is 5. The minimum absolute atomic E-state index is 0.124. The third-order valence-corrected chi connectivity index (χ3v) is 3.53. The highest BCUT2D eigenvalue weighted by molar-refractivity contribution is 5.69. The third kappa shape index (κ3) is 3.34. The molecule has 116 valence electrons. The predicted octanol–water partition coefficient (Wildman–Crippen LogP) is 2.68. The fourth-order valence-corrected chi connectivity index (χ4v) is 2.29. The topological polar surface area (TPSA) is 99.9 Å². The monoisotopic (exact) mass is 309 g/mol. The molecule has 1 heterocycles. The lowest BCUT2D eigenvalue weighted by molar-refractivity contribution is -0.383. The van der Waals surface area contributed by atoms with Crippen molar-refractivity contribution < 1.29 is 4.92 Å². The van der Waals surface area contributed by atoms with Gasteiger partial charge in [-0.1, -0.05) is 41.6 Å². The van der Waals surface area contributed by atoms with Crippen LogP contribution in [-0.2, 0) is 13.0 Å². The summed E-state index contributed by atoms with van der Waals surface area (Å²) < 4.78 is 1.73. The van der Waals surface area contributed by atoms with Crippen LogP contribution in [0.3, 0.4) is 0 Å². The average molecular weight is 309 g/mol. The van der Waals surface area contributed by atoms with E-state index in [1.807, 2.05) is 18.2 Å². The Labute approximate surface area is 132 Å². The van der Waals surface area contributed by atoms with Crippen molar-refractivity contribution in [2.24, 2.45) is 0 Å². The molecule has 7 heteroatoms. The first-order chi connectivity index (χ1) is 11.1. The Bertz CT molecular complexity index is 829. The van der Waals surface area contributed by atoms with Crippen molar-refractivity contribution in [3.05, 3.63) is 70.4 Å². The molecule has 0 radical (unpaired) electrons. The molecule has 0 unspecified atom stereocenters. The lowest BCUT2D eigenvalue weighted by Gasteiger charge is -2.01. The van der Waals surface area contributed by atoms with E-state index in [4.69, 9.17) is 5.73 Å². The number of aromatic nitrogens is 3. The maximum atomic E-state index is 11.0. The molecule has 0 aliphatic rings. The van der Waals surface area contributed by atoms with Crippen molar-refractivity contribution >= 4 is 11.4 Å². The summed E-state index contributed by atoms with van der Waals surface area (Å²) in [6.45, 7) is 0.689. The van der Waals surface area contributed by atoms with Gasteiger partial charge in [0.2, 0.25) is 0 Å². The second kappa shape index (κ2) is 6.27. The van der Waals surface area contributed by atoms with Crippen LogP contribution in [0.25, 0.3) is 11.3 Å². The van der Waals surface area contributed by atoms with Crippen LogP contribution in [-0.4, -0.2) is 19.9 Å². The van der Waals surface area contributed by atoms with E-state index in [0.29, 0.717) is 17.8 Å². The molecule has 1 aromatic heterocycles. The summed E-state index contributed by atoms with van der Waals surface area (Å²) >= 11 is 0. The van der Waals surface area contributed by atoms with E-state index in [1.165, 1.54) is 17.7 Å². The van der Waals surface area contributed by atoms with Crippen molar-refractivity contribution in [2.45, 2.75) is 13.0 Å². The van der Waals surface area contributed by atoms with Crippen LogP contribution in [0.1, 0.15) is 5.56 Å². The zero-order valence-electron chi connectivity index (χ0n) is 12.3. The van der Waals surface area contributed by atoms with E-state index >= 15 is 0 Å². The van der Waals surface area contributed by atoms with E-state index in [2.05, 4.69) is 22.4 Å². The van der Waals surface area contributed by atoms with E-state index in [0.717, 1.165) is 6.42 Å². The molecule has 0 saturated carbocycles. The summed E-state index contributed by atoms with van der Waals surface area (Å²) in [4.78, 5) is 10.5. The maximum Gasteiger partial charge on any atom is 0.292 e. The molecule has 0 fully saturated rings. The van der Waals surface area contributed by atoms with Gasteiger partial charge in [0, 0.05) is 18.2 Å². The van der Waals surface area contributed by atoms with Crippen LogP contribution in [0.2, 0.25) is 0 Å². The number of aryl methyl sites for hydroxylation is 2. The number of nitrogens with two attached hydrogens (primary N) is 1. The van der Waals surface area contributed by atoms with Gasteiger partial charge < -0.3 is 5.73 Å². The minimum atomic E-state index is -0.501. The second-order valence-electron chi connectivity index (χ2n) is 5.13. The molecule has 0 atom stereocenters. The molecule has 0 amide bonds. The van der Waals surface area contributed by atoms with Gasteiger partial charge >= 0.3 is 0 Å². The Balaban J connectivity index is 1.77. The molecule has 3 aromatic rings. The molecular weight excluding hydrogens is 294 g/mol. The quantitative estimate of drug-likeness (QED) is 0.443. The molecular formula is C16H15N5O2. The van der Waals surface area contributed by atoms with Crippen LogP contribution < -0.4 is 5.73 Å². The predicted molar refractivity (Wildman–Crippen MR) is 86.7 cm³/mol.